The standard InChI is InChI=1S/C13H18Cl2N4S/c1-4-19-10(12(15)8(3)18-19)5-9(17-16)13-11(14)7(2)6-20-13/h6,9,17H,4-5,16H2,1-3H3. The molecule has 2 aromatic rings. The molecule has 1 atom stereocenters. The lowest BCUT2D eigenvalue weighted by atomic mass is 10.1. The molecule has 0 saturated carbocycles. The van der Waals surface area contributed by atoms with Crippen molar-refractivity contribution >= 4 is 34.5 Å². The van der Waals surface area contributed by atoms with E-state index in [0.29, 0.717) is 11.4 Å². The van der Waals surface area contributed by atoms with Gasteiger partial charge in [-0.05, 0) is 31.7 Å². The van der Waals surface area contributed by atoms with Gasteiger partial charge in [0.25, 0.3) is 0 Å². The molecule has 0 amide bonds. The van der Waals surface area contributed by atoms with Crippen molar-refractivity contribution in [1.82, 2.24) is 15.2 Å². The van der Waals surface area contributed by atoms with Crippen LogP contribution in [0.4, 0.5) is 0 Å². The molecule has 3 N–H and O–H groups in total. The minimum absolute atomic E-state index is 0.0694. The number of nitrogens with two attached hydrogens (primary N) is 1. The zero-order valence-corrected chi connectivity index (χ0v) is 14.0. The van der Waals surface area contributed by atoms with E-state index in [1.165, 1.54) is 0 Å². The zero-order valence-electron chi connectivity index (χ0n) is 11.7. The molecule has 0 saturated heterocycles. The van der Waals surface area contributed by atoms with E-state index >= 15 is 0 Å². The Morgan fingerprint density at radius 1 is 1.40 bits per heavy atom. The van der Waals surface area contributed by atoms with E-state index in [4.69, 9.17) is 29.0 Å². The summed E-state index contributed by atoms with van der Waals surface area (Å²) in [6.45, 7) is 6.71. The van der Waals surface area contributed by atoms with Crippen LogP contribution in [0, 0.1) is 13.8 Å². The first-order valence-electron chi connectivity index (χ1n) is 6.40. The van der Waals surface area contributed by atoms with Gasteiger partial charge in [0.1, 0.15) is 0 Å². The van der Waals surface area contributed by atoms with Crippen molar-refractivity contribution < 1.29 is 0 Å². The number of rotatable bonds is 5. The minimum Gasteiger partial charge on any atom is -0.271 e. The zero-order chi connectivity index (χ0) is 14.9. The molecular weight excluding hydrogens is 315 g/mol. The second-order valence-electron chi connectivity index (χ2n) is 4.68. The van der Waals surface area contributed by atoms with Gasteiger partial charge in [-0.15, -0.1) is 11.3 Å². The Labute approximate surface area is 132 Å². The number of halogens is 2. The van der Waals surface area contributed by atoms with Gasteiger partial charge in [0.05, 0.1) is 27.5 Å². The van der Waals surface area contributed by atoms with E-state index in [0.717, 1.165) is 33.4 Å². The number of aromatic nitrogens is 2. The molecule has 0 fully saturated rings. The SMILES string of the molecule is CCn1nc(C)c(Cl)c1CC(NN)c1scc(C)c1Cl. The first-order chi connectivity index (χ1) is 9.49. The van der Waals surface area contributed by atoms with Gasteiger partial charge in [-0.25, -0.2) is 0 Å². The third-order valence-electron chi connectivity index (χ3n) is 3.29. The topological polar surface area (TPSA) is 55.9 Å². The number of nitrogens with one attached hydrogen (secondary N) is 1. The van der Waals surface area contributed by atoms with E-state index in [-0.39, 0.29) is 6.04 Å². The largest absolute Gasteiger partial charge is 0.271 e. The second-order valence-corrected chi connectivity index (χ2v) is 6.35. The maximum Gasteiger partial charge on any atom is 0.0847 e. The Morgan fingerprint density at radius 3 is 2.60 bits per heavy atom. The summed E-state index contributed by atoms with van der Waals surface area (Å²) in [5, 5.41) is 7.93. The Bertz CT molecular complexity index is 606. The lowest BCUT2D eigenvalue weighted by Gasteiger charge is -2.16. The lowest BCUT2D eigenvalue weighted by molar-refractivity contribution is 0.523. The lowest BCUT2D eigenvalue weighted by Crippen LogP contribution is -2.30. The number of hydrazine groups is 1. The van der Waals surface area contributed by atoms with Crippen molar-refractivity contribution in [3.63, 3.8) is 0 Å². The third-order valence-corrected chi connectivity index (χ3v) is 5.61. The van der Waals surface area contributed by atoms with Crippen LogP contribution in [-0.4, -0.2) is 9.78 Å². The highest BCUT2D eigenvalue weighted by atomic mass is 35.5. The molecule has 0 aromatic carbocycles. The van der Waals surface area contributed by atoms with Crippen molar-refractivity contribution in [2.24, 2.45) is 5.84 Å². The molecule has 0 radical (unpaired) electrons. The summed E-state index contributed by atoms with van der Waals surface area (Å²) in [7, 11) is 0. The number of thiophene rings is 1. The van der Waals surface area contributed by atoms with Crippen LogP contribution >= 0.6 is 34.5 Å². The van der Waals surface area contributed by atoms with Gasteiger partial charge in [-0.2, -0.15) is 5.10 Å². The summed E-state index contributed by atoms with van der Waals surface area (Å²) in [6, 6.07) is -0.0694. The number of hydrogen-bond donors (Lipinski definition) is 2. The van der Waals surface area contributed by atoms with Gasteiger partial charge in [0, 0.05) is 17.8 Å². The van der Waals surface area contributed by atoms with Crippen LogP contribution < -0.4 is 11.3 Å². The molecule has 20 heavy (non-hydrogen) atoms. The molecule has 0 aliphatic carbocycles. The maximum atomic E-state index is 6.34. The molecule has 2 rings (SSSR count). The molecule has 110 valence electrons. The molecule has 0 aliphatic heterocycles. The van der Waals surface area contributed by atoms with Crippen LogP contribution in [0.3, 0.4) is 0 Å². The first kappa shape index (κ1) is 15.8. The monoisotopic (exact) mass is 332 g/mol. The molecular formula is C13H18Cl2N4S. The highest BCUT2D eigenvalue weighted by molar-refractivity contribution is 7.10. The fourth-order valence-corrected chi connectivity index (χ4v) is 3.77. The molecule has 1 unspecified atom stereocenters. The van der Waals surface area contributed by atoms with Crippen LogP contribution in [0.2, 0.25) is 10.0 Å². The summed E-state index contributed by atoms with van der Waals surface area (Å²) >= 11 is 14.3. The number of hydrogen-bond acceptors (Lipinski definition) is 4. The predicted octanol–water partition coefficient (Wildman–Crippen LogP) is 3.64. The van der Waals surface area contributed by atoms with E-state index in [9.17, 15) is 0 Å². The summed E-state index contributed by atoms with van der Waals surface area (Å²) in [6.07, 6.45) is 0.656. The van der Waals surface area contributed by atoms with Gasteiger partial charge >= 0.3 is 0 Å². The van der Waals surface area contributed by atoms with Crippen LogP contribution in [0.25, 0.3) is 0 Å². The van der Waals surface area contributed by atoms with Gasteiger partial charge in [-0.3, -0.25) is 16.0 Å². The smallest absolute Gasteiger partial charge is 0.0847 e. The maximum absolute atomic E-state index is 6.34. The normalized spacial score (nSPS) is 12.9. The Kier molecular flexibility index (Phi) is 5.09. The van der Waals surface area contributed by atoms with E-state index in [1.807, 2.05) is 30.8 Å². The van der Waals surface area contributed by atoms with E-state index < -0.39 is 0 Å². The summed E-state index contributed by atoms with van der Waals surface area (Å²) in [4.78, 5) is 1.03. The first-order valence-corrected chi connectivity index (χ1v) is 8.04. The fourth-order valence-electron chi connectivity index (χ4n) is 2.17. The van der Waals surface area contributed by atoms with Crippen molar-refractivity contribution in [3.05, 3.63) is 37.3 Å². The van der Waals surface area contributed by atoms with Gasteiger partial charge in [0.15, 0.2) is 0 Å². The predicted molar refractivity (Wildman–Crippen MR) is 85.5 cm³/mol. The average Bonchev–Trinajstić information content (AvgIpc) is 2.90. The average molecular weight is 333 g/mol. The van der Waals surface area contributed by atoms with Gasteiger partial charge in [-0.1, -0.05) is 23.2 Å². The van der Waals surface area contributed by atoms with Crippen molar-refractivity contribution in [1.29, 1.82) is 0 Å². The molecule has 2 heterocycles. The van der Waals surface area contributed by atoms with Crippen LogP contribution in [0.15, 0.2) is 5.38 Å². The number of aryl methyl sites for hydroxylation is 3. The summed E-state index contributed by atoms with van der Waals surface area (Å²) in [5.41, 5.74) is 5.73. The molecule has 0 bridgehead atoms. The van der Waals surface area contributed by atoms with Crippen LogP contribution in [-0.2, 0) is 13.0 Å². The van der Waals surface area contributed by atoms with Crippen molar-refractivity contribution in [3.8, 4) is 0 Å². The Balaban J connectivity index is 2.34. The molecule has 4 nitrogen and oxygen atoms in total. The number of nitrogens with zero attached hydrogens (tertiary/aromatic N) is 2. The molecule has 7 heteroatoms. The third kappa shape index (κ3) is 2.87. The molecule has 0 spiro atoms. The minimum atomic E-state index is -0.0694. The summed E-state index contributed by atoms with van der Waals surface area (Å²) in [5.74, 6) is 5.70. The van der Waals surface area contributed by atoms with E-state index in [2.05, 4.69) is 10.5 Å². The van der Waals surface area contributed by atoms with Crippen molar-refractivity contribution in [2.45, 2.75) is 39.8 Å². The van der Waals surface area contributed by atoms with Crippen LogP contribution in [0.1, 0.15) is 34.8 Å². The second kappa shape index (κ2) is 6.45. The van der Waals surface area contributed by atoms with Gasteiger partial charge < -0.3 is 0 Å². The fraction of sp³-hybridized carbons (Fsp3) is 0.462. The summed E-state index contributed by atoms with van der Waals surface area (Å²) < 4.78 is 1.91. The quantitative estimate of drug-likeness (QED) is 0.649. The molecule has 0 aliphatic rings. The Morgan fingerprint density at radius 2 is 2.10 bits per heavy atom. The molecule has 2 aromatic heterocycles. The Hall–Kier alpha value is -0.590. The van der Waals surface area contributed by atoms with Gasteiger partial charge in [0.2, 0.25) is 0 Å². The highest BCUT2D eigenvalue weighted by Gasteiger charge is 2.22. The highest BCUT2D eigenvalue weighted by Crippen LogP contribution is 2.35. The van der Waals surface area contributed by atoms with Crippen molar-refractivity contribution in [2.75, 3.05) is 0 Å². The van der Waals surface area contributed by atoms with Crippen LogP contribution in [0.5, 0.6) is 0 Å². The van der Waals surface area contributed by atoms with E-state index in [1.54, 1.807) is 11.3 Å².